The molecular weight excluding hydrogens is 250 g/mol. The van der Waals surface area contributed by atoms with Crippen molar-refractivity contribution in [3.05, 3.63) is 54.0 Å². The molecule has 0 radical (unpaired) electrons. The zero-order chi connectivity index (χ0) is 13.9. The highest BCUT2D eigenvalue weighted by molar-refractivity contribution is 5.82. The van der Waals surface area contributed by atoms with Gasteiger partial charge in [-0.2, -0.15) is 5.26 Å². The predicted octanol–water partition coefficient (Wildman–Crippen LogP) is 2.95. The van der Waals surface area contributed by atoms with Crippen LogP contribution >= 0.6 is 0 Å². The third-order valence-corrected chi connectivity index (χ3v) is 2.83. The van der Waals surface area contributed by atoms with Gasteiger partial charge in [-0.3, -0.25) is 4.98 Å². The molecule has 0 saturated carbocycles. The van der Waals surface area contributed by atoms with Crippen LogP contribution in [0.25, 0.3) is 10.9 Å². The highest BCUT2D eigenvalue weighted by Gasteiger charge is 2.03. The maximum atomic E-state index is 8.92. The number of nitrogens with zero attached hydrogens (tertiary/aromatic N) is 4. The van der Waals surface area contributed by atoms with Crippen LogP contribution in [0.15, 0.2) is 42.6 Å². The third kappa shape index (κ3) is 2.40. The van der Waals surface area contributed by atoms with E-state index in [2.05, 4.69) is 20.3 Å². The van der Waals surface area contributed by atoms with Crippen molar-refractivity contribution >= 4 is 22.5 Å². The number of aryl methyl sites for hydroxylation is 1. The number of nitrogens with one attached hydrogen (secondary N) is 1. The van der Waals surface area contributed by atoms with Crippen LogP contribution in [0.4, 0.5) is 11.6 Å². The van der Waals surface area contributed by atoms with Crippen molar-refractivity contribution in [2.24, 2.45) is 0 Å². The molecule has 2 aromatic heterocycles. The van der Waals surface area contributed by atoms with E-state index in [0.29, 0.717) is 11.6 Å². The molecule has 0 spiro atoms. The fourth-order valence-electron chi connectivity index (χ4n) is 1.96. The van der Waals surface area contributed by atoms with Gasteiger partial charge in [0, 0.05) is 23.0 Å². The number of nitriles is 1. The Morgan fingerprint density at radius 1 is 1.15 bits per heavy atom. The molecule has 0 aliphatic rings. The molecule has 0 aliphatic heterocycles. The average molecular weight is 261 g/mol. The van der Waals surface area contributed by atoms with Crippen molar-refractivity contribution in [2.75, 3.05) is 5.32 Å². The van der Waals surface area contributed by atoms with Crippen molar-refractivity contribution in [3.63, 3.8) is 0 Å². The fourth-order valence-corrected chi connectivity index (χ4v) is 1.96. The van der Waals surface area contributed by atoms with E-state index in [1.165, 1.54) is 0 Å². The van der Waals surface area contributed by atoms with Crippen LogP contribution < -0.4 is 5.32 Å². The summed E-state index contributed by atoms with van der Waals surface area (Å²) in [6, 6.07) is 13.4. The van der Waals surface area contributed by atoms with E-state index >= 15 is 0 Å². The van der Waals surface area contributed by atoms with E-state index in [4.69, 9.17) is 5.26 Å². The molecule has 3 aromatic rings. The first-order valence-electron chi connectivity index (χ1n) is 6.12. The topological polar surface area (TPSA) is 74.5 Å². The Labute approximate surface area is 116 Å². The molecule has 20 heavy (non-hydrogen) atoms. The minimum absolute atomic E-state index is 0.349. The van der Waals surface area contributed by atoms with Crippen LogP contribution in [-0.2, 0) is 0 Å². The molecule has 1 N–H and O–H groups in total. The van der Waals surface area contributed by atoms with Crippen molar-refractivity contribution in [1.29, 1.82) is 5.26 Å². The van der Waals surface area contributed by atoms with E-state index < -0.39 is 0 Å². The second-order valence-electron chi connectivity index (χ2n) is 4.37. The first-order chi connectivity index (χ1) is 9.74. The molecule has 1 aromatic carbocycles. The molecule has 0 aliphatic carbocycles. The number of benzene rings is 1. The van der Waals surface area contributed by atoms with E-state index in [0.717, 1.165) is 22.3 Å². The number of anilines is 2. The summed E-state index contributed by atoms with van der Waals surface area (Å²) in [4.78, 5) is 12.7. The second-order valence-corrected chi connectivity index (χ2v) is 4.37. The van der Waals surface area contributed by atoms with Gasteiger partial charge in [-0.1, -0.05) is 6.07 Å². The van der Waals surface area contributed by atoms with Crippen LogP contribution in [0.2, 0.25) is 0 Å². The van der Waals surface area contributed by atoms with Crippen molar-refractivity contribution in [2.45, 2.75) is 6.92 Å². The van der Waals surface area contributed by atoms with Crippen LogP contribution in [0, 0.1) is 18.3 Å². The summed E-state index contributed by atoms with van der Waals surface area (Å²) in [5, 5.41) is 13.1. The molecule has 0 unspecified atom stereocenters. The van der Waals surface area contributed by atoms with Crippen LogP contribution in [0.5, 0.6) is 0 Å². The molecule has 5 nitrogen and oxygen atoms in total. The summed E-state index contributed by atoms with van der Waals surface area (Å²) in [5.41, 5.74) is 2.89. The monoisotopic (exact) mass is 261 g/mol. The minimum Gasteiger partial charge on any atom is -0.324 e. The Kier molecular flexibility index (Phi) is 2.98. The summed E-state index contributed by atoms with van der Waals surface area (Å²) < 4.78 is 0. The lowest BCUT2D eigenvalue weighted by atomic mass is 10.2. The summed E-state index contributed by atoms with van der Waals surface area (Å²) in [6.07, 6.45) is 1.76. The Balaban J connectivity index is 1.97. The lowest BCUT2D eigenvalue weighted by Gasteiger charge is -2.06. The zero-order valence-electron chi connectivity index (χ0n) is 10.8. The van der Waals surface area contributed by atoms with Gasteiger partial charge in [-0.15, -0.1) is 0 Å². The second kappa shape index (κ2) is 4.94. The summed E-state index contributed by atoms with van der Waals surface area (Å²) >= 11 is 0. The average Bonchev–Trinajstić information content (AvgIpc) is 2.46. The number of aromatic nitrogens is 3. The summed E-state index contributed by atoms with van der Waals surface area (Å²) in [6.45, 7) is 1.83. The number of rotatable bonds is 2. The molecule has 0 amide bonds. The molecule has 2 heterocycles. The quantitative estimate of drug-likeness (QED) is 0.767. The van der Waals surface area contributed by atoms with Crippen LogP contribution in [-0.4, -0.2) is 15.0 Å². The largest absolute Gasteiger partial charge is 0.324 e. The standard InChI is InChI=1S/C15H11N5/c1-10-7-13(9-16)20-15(18-10)19-12-4-5-14-11(8-12)3-2-6-17-14/h2-8H,1H3,(H,18,19,20). The summed E-state index contributed by atoms with van der Waals surface area (Å²) in [7, 11) is 0. The van der Waals surface area contributed by atoms with Crippen molar-refractivity contribution < 1.29 is 0 Å². The van der Waals surface area contributed by atoms with Gasteiger partial charge in [0.2, 0.25) is 5.95 Å². The van der Waals surface area contributed by atoms with Crippen molar-refractivity contribution in [1.82, 2.24) is 15.0 Å². The SMILES string of the molecule is Cc1cc(C#N)nc(Nc2ccc3ncccc3c2)n1. The Morgan fingerprint density at radius 3 is 2.90 bits per heavy atom. The lowest BCUT2D eigenvalue weighted by Crippen LogP contribution is -2.00. The van der Waals surface area contributed by atoms with Crippen LogP contribution in [0.3, 0.4) is 0 Å². The molecule has 96 valence electrons. The van der Waals surface area contributed by atoms with E-state index in [-0.39, 0.29) is 0 Å². The van der Waals surface area contributed by atoms with Crippen LogP contribution in [0.1, 0.15) is 11.4 Å². The first-order valence-corrected chi connectivity index (χ1v) is 6.12. The number of hydrogen-bond donors (Lipinski definition) is 1. The summed E-state index contributed by atoms with van der Waals surface area (Å²) in [5.74, 6) is 0.421. The van der Waals surface area contributed by atoms with Crippen molar-refractivity contribution in [3.8, 4) is 6.07 Å². The smallest absolute Gasteiger partial charge is 0.228 e. The Bertz CT molecular complexity index is 820. The maximum Gasteiger partial charge on any atom is 0.228 e. The normalized spacial score (nSPS) is 10.2. The van der Waals surface area contributed by atoms with E-state index in [9.17, 15) is 0 Å². The fraction of sp³-hybridized carbons (Fsp3) is 0.0667. The van der Waals surface area contributed by atoms with E-state index in [1.54, 1.807) is 12.3 Å². The zero-order valence-corrected chi connectivity index (χ0v) is 10.8. The van der Waals surface area contributed by atoms with Gasteiger partial charge >= 0.3 is 0 Å². The molecule has 0 fully saturated rings. The van der Waals surface area contributed by atoms with Gasteiger partial charge in [0.1, 0.15) is 11.8 Å². The molecule has 5 heteroatoms. The third-order valence-electron chi connectivity index (χ3n) is 2.83. The van der Waals surface area contributed by atoms with Gasteiger partial charge in [0.25, 0.3) is 0 Å². The number of hydrogen-bond acceptors (Lipinski definition) is 5. The van der Waals surface area contributed by atoms with E-state index in [1.807, 2.05) is 43.3 Å². The molecule has 0 bridgehead atoms. The van der Waals surface area contributed by atoms with Gasteiger partial charge in [-0.25, -0.2) is 9.97 Å². The molecule has 0 atom stereocenters. The van der Waals surface area contributed by atoms with Gasteiger partial charge in [0.15, 0.2) is 0 Å². The minimum atomic E-state index is 0.349. The predicted molar refractivity (Wildman–Crippen MR) is 76.5 cm³/mol. The highest BCUT2D eigenvalue weighted by Crippen LogP contribution is 2.19. The molecule has 3 rings (SSSR count). The molecular formula is C15H11N5. The number of fused-ring (bicyclic) bond motifs is 1. The first kappa shape index (κ1) is 12.1. The van der Waals surface area contributed by atoms with Gasteiger partial charge in [-0.05, 0) is 37.3 Å². The Morgan fingerprint density at radius 2 is 2.05 bits per heavy atom. The lowest BCUT2D eigenvalue weighted by molar-refractivity contribution is 1.09. The van der Waals surface area contributed by atoms with Gasteiger partial charge < -0.3 is 5.32 Å². The molecule has 0 saturated heterocycles. The van der Waals surface area contributed by atoms with Gasteiger partial charge in [0.05, 0.1) is 5.52 Å². The highest BCUT2D eigenvalue weighted by atomic mass is 15.1. The Hall–Kier alpha value is -3.00. The number of pyridine rings is 1. The maximum absolute atomic E-state index is 8.92.